The Labute approximate surface area is 135 Å². The van der Waals surface area contributed by atoms with Gasteiger partial charge in [-0.15, -0.1) is 0 Å². The molecule has 21 heavy (non-hydrogen) atoms. The molecule has 1 aromatic rings. The van der Waals surface area contributed by atoms with Gasteiger partial charge in [0.15, 0.2) is 0 Å². The highest BCUT2D eigenvalue weighted by Gasteiger charge is 1.99. The van der Waals surface area contributed by atoms with E-state index in [1.165, 1.54) is 51.4 Å². The van der Waals surface area contributed by atoms with Gasteiger partial charge in [-0.25, -0.2) is 0 Å². The smallest absolute Gasteiger partial charge is 0.134 e. The third kappa shape index (κ3) is 8.02. The number of hydrogen-bond donors (Lipinski definition) is 0. The molecule has 0 unspecified atom stereocenters. The molecular formula is C19H27ClO. The van der Waals surface area contributed by atoms with Crippen LogP contribution in [-0.2, 0) is 0 Å². The predicted octanol–water partition coefficient (Wildman–Crippen LogP) is 6.23. The molecule has 2 heteroatoms. The summed E-state index contributed by atoms with van der Waals surface area (Å²) in [6.45, 7) is 2.26. The normalized spacial score (nSPS) is 10.0. The van der Waals surface area contributed by atoms with Crippen molar-refractivity contribution in [3.63, 3.8) is 0 Å². The van der Waals surface area contributed by atoms with Gasteiger partial charge >= 0.3 is 0 Å². The van der Waals surface area contributed by atoms with Crippen LogP contribution in [0.4, 0.5) is 0 Å². The Morgan fingerprint density at radius 2 is 1.67 bits per heavy atom. The summed E-state index contributed by atoms with van der Waals surface area (Å²) in [6.07, 6.45) is 11.6. The fourth-order valence-corrected chi connectivity index (χ4v) is 2.45. The monoisotopic (exact) mass is 306 g/mol. The first-order chi connectivity index (χ1) is 10.3. The first kappa shape index (κ1) is 17.9. The first-order valence-corrected chi connectivity index (χ1v) is 8.48. The van der Waals surface area contributed by atoms with E-state index in [0.29, 0.717) is 5.02 Å². The van der Waals surface area contributed by atoms with Crippen molar-refractivity contribution in [2.45, 2.75) is 64.7 Å². The first-order valence-electron chi connectivity index (χ1n) is 8.10. The summed E-state index contributed by atoms with van der Waals surface area (Å²) in [7, 11) is 1.66. The molecule has 0 spiro atoms. The molecule has 0 radical (unpaired) electrons. The van der Waals surface area contributed by atoms with Crippen molar-refractivity contribution < 1.29 is 4.74 Å². The van der Waals surface area contributed by atoms with Gasteiger partial charge in [0.25, 0.3) is 0 Å². The van der Waals surface area contributed by atoms with E-state index in [4.69, 9.17) is 16.3 Å². The van der Waals surface area contributed by atoms with Crippen LogP contribution < -0.4 is 4.74 Å². The minimum absolute atomic E-state index is 0.701. The zero-order chi connectivity index (χ0) is 15.3. The van der Waals surface area contributed by atoms with Crippen LogP contribution in [0.15, 0.2) is 18.2 Å². The Morgan fingerprint density at radius 1 is 1.00 bits per heavy atom. The maximum atomic E-state index is 5.98. The van der Waals surface area contributed by atoms with E-state index in [0.717, 1.165) is 17.7 Å². The second-order valence-corrected chi connectivity index (χ2v) is 5.81. The van der Waals surface area contributed by atoms with Crippen LogP contribution in [0.2, 0.25) is 5.02 Å². The fourth-order valence-electron chi connectivity index (χ4n) is 2.28. The van der Waals surface area contributed by atoms with Gasteiger partial charge in [0.2, 0.25) is 0 Å². The molecule has 0 saturated heterocycles. The second-order valence-electron chi connectivity index (χ2n) is 5.37. The Bertz CT molecular complexity index is 456. The van der Waals surface area contributed by atoms with E-state index in [1.807, 2.05) is 18.2 Å². The molecule has 1 nitrogen and oxygen atoms in total. The van der Waals surface area contributed by atoms with Crippen LogP contribution in [0, 0.1) is 11.8 Å². The van der Waals surface area contributed by atoms with E-state index < -0.39 is 0 Å². The average molecular weight is 307 g/mol. The van der Waals surface area contributed by atoms with Crippen molar-refractivity contribution in [2.24, 2.45) is 0 Å². The largest absolute Gasteiger partial charge is 0.495 e. The van der Waals surface area contributed by atoms with Crippen molar-refractivity contribution in [3.8, 4) is 17.6 Å². The Balaban J connectivity index is 2.20. The van der Waals surface area contributed by atoms with Crippen molar-refractivity contribution >= 4 is 11.6 Å². The number of methoxy groups -OCH3 is 1. The lowest BCUT2D eigenvalue weighted by atomic mass is 10.1. The third-order valence-electron chi connectivity index (χ3n) is 3.54. The molecule has 0 atom stereocenters. The number of unbranched alkanes of at least 4 members (excludes halogenated alkanes) is 8. The van der Waals surface area contributed by atoms with Crippen LogP contribution in [0.25, 0.3) is 0 Å². The lowest BCUT2D eigenvalue weighted by Crippen LogP contribution is -1.87. The van der Waals surface area contributed by atoms with E-state index in [2.05, 4.69) is 18.8 Å². The molecule has 116 valence electrons. The van der Waals surface area contributed by atoms with E-state index in [-0.39, 0.29) is 0 Å². The van der Waals surface area contributed by atoms with Gasteiger partial charge < -0.3 is 4.74 Å². The summed E-state index contributed by atoms with van der Waals surface area (Å²) in [4.78, 5) is 0. The van der Waals surface area contributed by atoms with Crippen LogP contribution in [0.3, 0.4) is 0 Å². The molecule has 0 aromatic heterocycles. The number of ether oxygens (including phenoxy) is 1. The lowest BCUT2D eigenvalue weighted by molar-refractivity contribution is 0.413. The van der Waals surface area contributed by atoms with E-state index >= 15 is 0 Å². The van der Waals surface area contributed by atoms with Crippen LogP contribution in [0.5, 0.6) is 5.75 Å². The number of benzene rings is 1. The Kier molecular flexibility index (Phi) is 9.83. The van der Waals surface area contributed by atoms with Gasteiger partial charge in [0, 0.05) is 11.4 Å². The molecule has 0 amide bonds. The molecule has 0 saturated carbocycles. The van der Waals surface area contributed by atoms with Gasteiger partial charge in [-0.2, -0.15) is 0 Å². The SMILES string of the molecule is CCCCCCCCCCC#Cc1cc(Cl)ccc1OC. The number of halogens is 1. The molecule has 1 aromatic carbocycles. The third-order valence-corrected chi connectivity index (χ3v) is 3.78. The Hall–Kier alpha value is -1.13. The summed E-state index contributed by atoms with van der Waals surface area (Å²) in [5, 5.41) is 0.701. The molecular weight excluding hydrogens is 280 g/mol. The second kappa shape index (κ2) is 11.5. The topological polar surface area (TPSA) is 9.23 Å². The standard InChI is InChI=1S/C19H27ClO/c1-3-4-5-6-7-8-9-10-11-12-13-17-16-18(20)14-15-19(17)21-2/h14-16H,3-11H2,1-2H3. The van der Waals surface area contributed by atoms with Crippen LogP contribution in [-0.4, -0.2) is 7.11 Å². The molecule has 0 heterocycles. The van der Waals surface area contributed by atoms with Gasteiger partial charge in [-0.3, -0.25) is 0 Å². The molecule has 0 aliphatic heterocycles. The van der Waals surface area contributed by atoms with Crippen molar-refractivity contribution in [1.29, 1.82) is 0 Å². The highest BCUT2D eigenvalue weighted by atomic mass is 35.5. The summed E-state index contributed by atoms with van der Waals surface area (Å²) in [5.74, 6) is 7.18. The van der Waals surface area contributed by atoms with Crippen LogP contribution in [0.1, 0.15) is 70.3 Å². The minimum atomic E-state index is 0.701. The summed E-state index contributed by atoms with van der Waals surface area (Å²) in [6, 6.07) is 5.55. The molecule has 0 fully saturated rings. The minimum Gasteiger partial charge on any atom is -0.495 e. The van der Waals surface area contributed by atoms with E-state index in [1.54, 1.807) is 7.11 Å². The van der Waals surface area contributed by atoms with Gasteiger partial charge in [0.1, 0.15) is 5.75 Å². The molecule has 0 aliphatic carbocycles. The van der Waals surface area contributed by atoms with Crippen LogP contribution >= 0.6 is 11.6 Å². The predicted molar refractivity (Wildman–Crippen MR) is 92.1 cm³/mol. The zero-order valence-corrected chi connectivity index (χ0v) is 14.1. The molecule has 0 N–H and O–H groups in total. The van der Waals surface area contributed by atoms with E-state index in [9.17, 15) is 0 Å². The fraction of sp³-hybridized carbons (Fsp3) is 0.579. The average Bonchev–Trinajstić information content (AvgIpc) is 2.49. The summed E-state index contributed by atoms with van der Waals surface area (Å²) < 4.78 is 5.28. The Morgan fingerprint density at radius 3 is 2.33 bits per heavy atom. The zero-order valence-electron chi connectivity index (χ0n) is 13.4. The summed E-state index contributed by atoms with van der Waals surface area (Å²) >= 11 is 5.98. The lowest BCUT2D eigenvalue weighted by Gasteiger charge is -2.02. The van der Waals surface area contributed by atoms with Crippen molar-refractivity contribution in [2.75, 3.05) is 7.11 Å². The maximum Gasteiger partial charge on any atom is 0.134 e. The highest BCUT2D eigenvalue weighted by Crippen LogP contribution is 2.21. The molecule has 0 aliphatic rings. The van der Waals surface area contributed by atoms with Gasteiger partial charge in [0.05, 0.1) is 12.7 Å². The van der Waals surface area contributed by atoms with Crippen molar-refractivity contribution in [3.05, 3.63) is 28.8 Å². The van der Waals surface area contributed by atoms with Crippen molar-refractivity contribution in [1.82, 2.24) is 0 Å². The number of hydrogen-bond acceptors (Lipinski definition) is 1. The van der Waals surface area contributed by atoms with Gasteiger partial charge in [-0.05, 0) is 24.6 Å². The maximum absolute atomic E-state index is 5.98. The molecule has 1 rings (SSSR count). The highest BCUT2D eigenvalue weighted by molar-refractivity contribution is 6.30. The summed E-state index contributed by atoms with van der Waals surface area (Å²) in [5.41, 5.74) is 0.879. The number of rotatable bonds is 9. The molecule has 0 bridgehead atoms. The quantitative estimate of drug-likeness (QED) is 0.388. The van der Waals surface area contributed by atoms with Gasteiger partial charge in [-0.1, -0.05) is 75.3 Å².